The highest BCUT2D eigenvalue weighted by molar-refractivity contribution is 6.74. The van der Waals surface area contributed by atoms with Crippen molar-refractivity contribution in [2.45, 2.75) is 52.2 Å². The molecule has 1 aliphatic rings. The second-order valence-electron chi connectivity index (χ2n) is 7.00. The molecule has 0 bridgehead atoms. The highest BCUT2D eigenvalue weighted by Gasteiger charge is 2.40. The van der Waals surface area contributed by atoms with Gasteiger partial charge in [0, 0.05) is 12.0 Å². The molecule has 20 heavy (non-hydrogen) atoms. The molecule has 0 N–H and O–H groups in total. The average molecular weight is 289 g/mol. The number of aryl methyl sites for hydroxylation is 1. The summed E-state index contributed by atoms with van der Waals surface area (Å²) in [4.78, 5) is 12.3. The van der Waals surface area contributed by atoms with Crippen molar-refractivity contribution in [1.82, 2.24) is 0 Å². The summed E-state index contributed by atoms with van der Waals surface area (Å²) in [7, 11) is -1.96. The van der Waals surface area contributed by atoms with Gasteiger partial charge in [0.1, 0.15) is 5.71 Å². The van der Waals surface area contributed by atoms with Gasteiger partial charge in [-0.05, 0) is 36.2 Å². The number of nitrogens with zero attached hydrogens (tertiary/aromatic N) is 1. The van der Waals surface area contributed by atoms with Crippen LogP contribution in [0, 0.1) is 6.92 Å². The van der Waals surface area contributed by atoms with E-state index in [1.807, 2.05) is 25.1 Å². The fourth-order valence-electron chi connectivity index (χ4n) is 1.93. The van der Waals surface area contributed by atoms with Gasteiger partial charge >= 0.3 is 0 Å². The lowest BCUT2D eigenvalue weighted by molar-refractivity contribution is 0.106. The van der Waals surface area contributed by atoms with E-state index >= 15 is 0 Å². The summed E-state index contributed by atoms with van der Waals surface area (Å²) in [5.74, 6) is 0.0161. The molecule has 3 nitrogen and oxygen atoms in total. The van der Waals surface area contributed by atoms with Crippen molar-refractivity contribution in [3.63, 3.8) is 0 Å². The Morgan fingerprint density at radius 3 is 2.45 bits per heavy atom. The zero-order valence-corrected chi connectivity index (χ0v) is 14.2. The summed E-state index contributed by atoms with van der Waals surface area (Å²) in [6, 6.07) is 5.83. The molecule has 108 valence electrons. The molecule has 0 spiro atoms. The standard InChI is InChI=1S/C16H23NO2Si/c1-11-8-7-9-12-13(11)10-14(15(12)18)17-19-20(5,6)16(2,3)4/h7-9H,10H2,1-6H3/b17-14-. The number of oxime groups is 1. The molecule has 0 fully saturated rings. The smallest absolute Gasteiger partial charge is 0.286 e. The number of benzene rings is 1. The van der Waals surface area contributed by atoms with Crippen LogP contribution in [0.5, 0.6) is 0 Å². The lowest BCUT2D eigenvalue weighted by atomic mass is 10.1. The van der Waals surface area contributed by atoms with E-state index < -0.39 is 8.32 Å². The first-order valence-corrected chi connectivity index (χ1v) is 9.92. The van der Waals surface area contributed by atoms with Crippen molar-refractivity contribution < 1.29 is 9.32 Å². The zero-order valence-electron chi connectivity index (χ0n) is 13.2. The molecule has 0 unspecified atom stereocenters. The van der Waals surface area contributed by atoms with Gasteiger partial charge in [0.2, 0.25) is 5.78 Å². The van der Waals surface area contributed by atoms with E-state index in [2.05, 4.69) is 39.0 Å². The van der Waals surface area contributed by atoms with Gasteiger partial charge < -0.3 is 4.53 Å². The Labute approximate surface area is 122 Å². The zero-order chi connectivity index (χ0) is 15.1. The van der Waals surface area contributed by atoms with E-state index in [0.717, 1.165) is 16.7 Å². The maximum atomic E-state index is 12.3. The number of hydrogen-bond donors (Lipinski definition) is 0. The maximum absolute atomic E-state index is 12.3. The topological polar surface area (TPSA) is 38.7 Å². The summed E-state index contributed by atoms with van der Waals surface area (Å²) in [6.07, 6.45) is 0.593. The monoisotopic (exact) mass is 289 g/mol. The molecule has 1 aliphatic carbocycles. The Kier molecular flexibility index (Phi) is 3.63. The summed E-state index contributed by atoms with van der Waals surface area (Å²) in [5.41, 5.74) is 3.56. The quantitative estimate of drug-likeness (QED) is 0.607. The molecular weight excluding hydrogens is 266 g/mol. The van der Waals surface area contributed by atoms with Crippen LogP contribution in [0.2, 0.25) is 18.1 Å². The fourth-order valence-corrected chi connectivity index (χ4v) is 2.54. The highest BCUT2D eigenvalue weighted by Crippen LogP contribution is 2.37. The summed E-state index contributed by atoms with van der Waals surface area (Å²) >= 11 is 0. The van der Waals surface area contributed by atoms with Crippen molar-refractivity contribution in [2.24, 2.45) is 5.16 Å². The molecule has 0 atom stereocenters. The SMILES string of the molecule is Cc1cccc2c1C/C(=N/O[Si](C)(C)C(C)(C)C)C2=O. The summed E-state index contributed by atoms with van der Waals surface area (Å²) < 4.78 is 5.83. The molecule has 0 aromatic heterocycles. The molecule has 0 heterocycles. The first kappa shape index (κ1) is 15.0. The Bertz CT molecular complexity index is 583. The lowest BCUT2D eigenvalue weighted by Crippen LogP contribution is -2.39. The number of hydrogen-bond acceptors (Lipinski definition) is 3. The van der Waals surface area contributed by atoms with Crippen LogP contribution >= 0.6 is 0 Å². The minimum absolute atomic E-state index is 0.0161. The number of carbonyl (C=O) groups excluding carboxylic acids is 1. The highest BCUT2D eigenvalue weighted by atomic mass is 28.4. The molecule has 2 rings (SSSR count). The van der Waals surface area contributed by atoms with Crippen LogP contribution in [0.4, 0.5) is 0 Å². The molecule has 0 saturated heterocycles. The number of Topliss-reactive ketones (excluding diaryl/α,β-unsaturated/α-hetero) is 1. The number of fused-ring (bicyclic) bond motifs is 1. The number of ketones is 1. The van der Waals surface area contributed by atoms with Crippen LogP contribution in [0.25, 0.3) is 0 Å². The Balaban J connectivity index is 2.24. The van der Waals surface area contributed by atoms with Gasteiger partial charge in [0.15, 0.2) is 0 Å². The van der Waals surface area contributed by atoms with Gasteiger partial charge in [-0.1, -0.05) is 39.0 Å². The van der Waals surface area contributed by atoms with Gasteiger partial charge in [-0.3, -0.25) is 4.79 Å². The molecule has 0 aliphatic heterocycles. The van der Waals surface area contributed by atoms with Crippen LogP contribution in [0.15, 0.2) is 23.4 Å². The van der Waals surface area contributed by atoms with E-state index in [4.69, 9.17) is 4.53 Å². The third-order valence-electron chi connectivity index (χ3n) is 4.45. The van der Waals surface area contributed by atoms with Crippen molar-refractivity contribution in [1.29, 1.82) is 0 Å². The predicted molar refractivity (Wildman–Crippen MR) is 84.9 cm³/mol. The van der Waals surface area contributed by atoms with E-state index in [0.29, 0.717) is 12.1 Å². The summed E-state index contributed by atoms with van der Waals surface area (Å²) in [6.45, 7) is 12.8. The number of rotatable bonds is 2. The second kappa shape index (κ2) is 4.84. The third kappa shape index (κ3) is 2.57. The normalized spacial score (nSPS) is 17.5. The first-order valence-electron chi connectivity index (χ1n) is 7.02. The minimum Gasteiger partial charge on any atom is -0.454 e. The molecule has 4 heteroatoms. The van der Waals surface area contributed by atoms with Crippen molar-refractivity contribution in [2.75, 3.05) is 0 Å². The van der Waals surface area contributed by atoms with Crippen LogP contribution in [-0.4, -0.2) is 19.8 Å². The molecule has 0 amide bonds. The van der Waals surface area contributed by atoms with E-state index in [1.54, 1.807) is 0 Å². The van der Waals surface area contributed by atoms with Crippen molar-refractivity contribution in [3.05, 3.63) is 34.9 Å². The van der Waals surface area contributed by atoms with Gasteiger partial charge in [0.05, 0.1) is 0 Å². The van der Waals surface area contributed by atoms with Crippen LogP contribution < -0.4 is 0 Å². The first-order chi connectivity index (χ1) is 9.13. The molecule has 0 saturated carbocycles. The average Bonchev–Trinajstić information content (AvgIpc) is 2.65. The van der Waals surface area contributed by atoms with E-state index in [1.165, 1.54) is 0 Å². The van der Waals surface area contributed by atoms with Crippen molar-refractivity contribution in [3.8, 4) is 0 Å². The third-order valence-corrected chi connectivity index (χ3v) is 8.61. The molecular formula is C16H23NO2Si. The maximum Gasteiger partial charge on any atom is 0.286 e. The Hall–Kier alpha value is -1.42. The molecule has 0 radical (unpaired) electrons. The second-order valence-corrected chi connectivity index (χ2v) is 11.7. The predicted octanol–water partition coefficient (Wildman–Crippen LogP) is 4.11. The summed E-state index contributed by atoms with van der Waals surface area (Å²) in [5, 5.41) is 4.31. The van der Waals surface area contributed by atoms with Crippen LogP contribution in [0.1, 0.15) is 42.3 Å². The lowest BCUT2D eigenvalue weighted by Gasteiger charge is -2.33. The Morgan fingerprint density at radius 1 is 1.25 bits per heavy atom. The van der Waals surface area contributed by atoms with Gasteiger partial charge in [-0.15, -0.1) is 5.16 Å². The molecule has 1 aromatic carbocycles. The van der Waals surface area contributed by atoms with E-state index in [-0.39, 0.29) is 10.8 Å². The van der Waals surface area contributed by atoms with Crippen molar-refractivity contribution >= 4 is 19.8 Å². The minimum atomic E-state index is -1.96. The number of carbonyl (C=O) groups is 1. The van der Waals surface area contributed by atoms with E-state index in [9.17, 15) is 4.79 Å². The van der Waals surface area contributed by atoms with Crippen LogP contribution in [0.3, 0.4) is 0 Å². The molecule has 1 aromatic rings. The van der Waals surface area contributed by atoms with Gasteiger partial charge in [-0.2, -0.15) is 0 Å². The Morgan fingerprint density at radius 2 is 1.90 bits per heavy atom. The fraction of sp³-hybridized carbons (Fsp3) is 0.500. The van der Waals surface area contributed by atoms with Gasteiger partial charge in [0.25, 0.3) is 8.32 Å². The van der Waals surface area contributed by atoms with Gasteiger partial charge in [-0.25, -0.2) is 0 Å². The van der Waals surface area contributed by atoms with Crippen LogP contribution in [-0.2, 0) is 10.9 Å². The largest absolute Gasteiger partial charge is 0.454 e.